The predicted octanol–water partition coefficient (Wildman–Crippen LogP) is 0.500. The van der Waals surface area contributed by atoms with Crippen molar-refractivity contribution in [3.8, 4) is 0 Å². The van der Waals surface area contributed by atoms with Gasteiger partial charge in [-0.2, -0.15) is 4.31 Å². The summed E-state index contributed by atoms with van der Waals surface area (Å²) in [5.41, 5.74) is 0.362. The van der Waals surface area contributed by atoms with Gasteiger partial charge in [0.2, 0.25) is 10.0 Å². The van der Waals surface area contributed by atoms with Crippen LogP contribution in [0.4, 0.5) is 4.39 Å². The molecule has 0 bridgehead atoms. The van der Waals surface area contributed by atoms with Crippen LogP contribution in [-0.4, -0.2) is 57.0 Å². The van der Waals surface area contributed by atoms with E-state index in [1.165, 1.54) is 13.1 Å². The lowest BCUT2D eigenvalue weighted by molar-refractivity contribution is 0.281. The Morgan fingerprint density at radius 3 is 2.37 bits per heavy atom. The van der Waals surface area contributed by atoms with Gasteiger partial charge in [0.1, 0.15) is 10.7 Å². The second-order valence-corrected chi connectivity index (χ2v) is 6.57. The standard InChI is InChI=1S/C12H19FN2O3S/c1-14(2)6-7-15(3)19(17,18)12-8-10(9-16)4-5-11(12)13/h4-5,8,16H,6-7,9H2,1-3H3. The number of nitrogens with zero attached hydrogens (tertiary/aromatic N) is 2. The molecule has 0 aliphatic carbocycles. The number of likely N-dealkylation sites (N-methyl/N-ethyl adjacent to an activating group) is 2. The minimum atomic E-state index is -3.88. The molecule has 5 nitrogen and oxygen atoms in total. The fourth-order valence-corrected chi connectivity index (χ4v) is 2.75. The summed E-state index contributed by atoms with van der Waals surface area (Å²) in [5, 5.41) is 9.00. The second-order valence-electron chi connectivity index (χ2n) is 4.55. The van der Waals surface area contributed by atoms with Crippen LogP contribution in [0.1, 0.15) is 5.56 Å². The predicted molar refractivity (Wildman–Crippen MR) is 70.7 cm³/mol. The average molecular weight is 290 g/mol. The van der Waals surface area contributed by atoms with Crippen LogP contribution >= 0.6 is 0 Å². The van der Waals surface area contributed by atoms with Gasteiger partial charge in [-0.1, -0.05) is 6.07 Å². The zero-order valence-corrected chi connectivity index (χ0v) is 12.1. The molecule has 108 valence electrons. The van der Waals surface area contributed by atoms with Crippen molar-refractivity contribution in [2.45, 2.75) is 11.5 Å². The Hall–Kier alpha value is -1.02. The van der Waals surface area contributed by atoms with Crippen LogP contribution in [0.15, 0.2) is 23.1 Å². The van der Waals surface area contributed by atoms with Crippen LogP contribution < -0.4 is 0 Å². The molecule has 0 saturated heterocycles. The van der Waals surface area contributed by atoms with Gasteiger partial charge in [0.15, 0.2) is 0 Å². The Kier molecular flexibility index (Phi) is 5.42. The number of aliphatic hydroxyl groups is 1. The zero-order valence-electron chi connectivity index (χ0n) is 11.3. The number of benzene rings is 1. The summed E-state index contributed by atoms with van der Waals surface area (Å²) < 4.78 is 39.2. The van der Waals surface area contributed by atoms with Crippen molar-refractivity contribution in [3.63, 3.8) is 0 Å². The zero-order chi connectivity index (χ0) is 14.6. The molecule has 0 aliphatic rings. The first-order chi connectivity index (χ1) is 8.78. The van der Waals surface area contributed by atoms with Gasteiger partial charge >= 0.3 is 0 Å². The van der Waals surface area contributed by atoms with E-state index in [0.717, 1.165) is 16.4 Å². The molecule has 0 amide bonds. The summed E-state index contributed by atoms with van der Waals surface area (Å²) >= 11 is 0. The molecular weight excluding hydrogens is 271 g/mol. The summed E-state index contributed by atoms with van der Waals surface area (Å²) in [4.78, 5) is 1.44. The summed E-state index contributed by atoms with van der Waals surface area (Å²) in [6, 6.07) is 3.57. The number of hydrogen-bond acceptors (Lipinski definition) is 4. The highest BCUT2D eigenvalue weighted by atomic mass is 32.2. The van der Waals surface area contributed by atoms with E-state index in [-0.39, 0.29) is 13.2 Å². The fourth-order valence-electron chi connectivity index (χ4n) is 1.47. The molecule has 0 aliphatic heterocycles. The van der Waals surface area contributed by atoms with Crippen molar-refractivity contribution >= 4 is 10.0 Å². The van der Waals surface area contributed by atoms with Gasteiger partial charge in [-0.3, -0.25) is 0 Å². The summed E-state index contributed by atoms with van der Waals surface area (Å²) in [6.07, 6.45) is 0. The molecular formula is C12H19FN2O3S. The Bertz CT molecular complexity index is 532. The molecule has 0 spiro atoms. The third kappa shape index (κ3) is 3.97. The molecule has 0 radical (unpaired) electrons. The van der Waals surface area contributed by atoms with Crippen molar-refractivity contribution < 1.29 is 17.9 Å². The van der Waals surface area contributed by atoms with Gasteiger partial charge in [0, 0.05) is 20.1 Å². The van der Waals surface area contributed by atoms with Gasteiger partial charge in [0.25, 0.3) is 0 Å². The maximum absolute atomic E-state index is 13.7. The smallest absolute Gasteiger partial charge is 0.245 e. The molecule has 1 rings (SSSR count). The van der Waals surface area contributed by atoms with Crippen molar-refractivity contribution in [2.75, 3.05) is 34.2 Å². The largest absolute Gasteiger partial charge is 0.392 e. The van der Waals surface area contributed by atoms with Crippen molar-refractivity contribution in [1.82, 2.24) is 9.21 Å². The first-order valence-electron chi connectivity index (χ1n) is 5.79. The Morgan fingerprint density at radius 2 is 1.84 bits per heavy atom. The monoisotopic (exact) mass is 290 g/mol. The third-order valence-electron chi connectivity index (χ3n) is 2.73. The molecule has 1 aromatic rings. The molecule has 0 fully saturated rings. The van der Waals surface area contributed by atoms with Crippen LogP contribution in [0.25, 0.3) is 0 Å². The van der Waals surface area contributed by atoms with Crippen LogP contribution in [0.3, 0.4) is 0 Å². The van der Waals surface area contributed by atoms with Crippen LogP contribution in [0.2, 0.25) is 0 Å². The molecule has 0 unspecified atom stereocenters. The van der Waals surface area contributed by atoms with E-state index in [2.05, 4.69) is 0 Å². The van der Waals surface area contributed by atoms with Crippen molar-refractivity contribution in [3.05, 3.63) is 29.6 Å². The molecule has 0 heterocycles. The molecule has 0 aromatic heterocycles. The quantitative estimate of drug-likeness (QED) is 0.829. The molecule has 1 aromatic carbocycles. The number of hydrogen-bond donors (Lipinski definition) is 1. The molecule has 0 saturated carbocycles. The molecule has 1 N–H and O–H groups in total. The van der Waals surface area contributed by atoms with Gasteiger partial charge < -0.3 is 10.0 Å². The van der Waals surface area contributed by atoms with Crippen molar-refractivity contribution in [2.24, 2.45) is 0 Å². The first-order valence-corrected chi connectivity index (χ1v) is 7.23. The SMILES string of the molecule is CN(C)CCN(C)S(=O)(=O)c1cc(CO)ccc1F. The number of sulfonamides is 1. The van der Waals surface area contributed by atoms with Crippen LogP contribution in [-0.2, 0) is 16.6 Å². The van der Waals surface area contributed by atoms with E-state index < -0.39 is 20.7 Å². The van der Waals surface area contributed by atoms with E-state index in [9.17, 15) is 12.8 Å². The van der Waals surface area contributed by atoms with Crippen LogP contribution in [0, 0.1) is 5.82 Å². The summed E-state index contributed by atoms with van der Waals surface area (Å²) in [5.74, 6) is -0.811. The highest BCUT2D eigenvalue weighted by molar-refractivity contribution is 7.89. The maximum atomic E-state index is 13.7. The Balaban J connectivity index is 3.05. The van der Waals surface area contributed by atoms with Crippen LogP contribution in [0.5, 0.6) is 0 Å². The van der Waals surface area contributed by atoms with E-state index in [0.29, 0.717) is 12.1 Å². The highest BCUT2D eigenvalue weighted by Crippen LogP contribution is 2.20. The Labute approximate surface area is 113 Å². The van der Waals surface area contributed by atoms with E-state index in [1.54, 1.807) is 0 Å². The van der Waals surface area contributed by atoms with Gasteiger partial charge in [-0.15, -0.1) is 0 Å². The lowest BCUT2D eigenvalue weighted by Gasteiger charge is -2.20. The second kappa shape index (κ2) is 6.42. The van der Waals surface area contributed by atoms with Crippen molar-refractivity contribution in [1.29, 1.82) is 0 Å². The lowest BCUT2D eigenvalue weighted by atomic mass is 10.2. The normalized spacial score (nSPS) is 12.4. The third-order valence-corrected chi connectivity index (χ3v) is 4.60. The Morgan fingerprint density at radius 1 is 1.21 bits per heavy atom. The fraction of sp³-hybridized carbons (Fsp3) is 0.500. The lowest BCUT2D eigenvalue weighted by Crippen LogP contribution is -2.34. The van der Waals surface area contributed by atoms with Gasteiger partial charge in [-0.05, 0) is 31.8 Å². The summed E-state index contributed by atoms with van der Waals surface area (Å²) in [7, 11) is 1.18. The first kappa shape index (κ1) is 16.0. The van der Waals surface area contributed by atoms with Gasteiger partial charge in [-0.25, -0.2) is 12.8 Å². The molecule has 19 heavy (non-hydrogen) atoms. The number of halogens is 1. The van der Waals surface area contributed by atoms with E-state index in [4.69, 9.17) is 5.11 Å². The van der Waals surface area contributed by atoms with Gasteiger partial charge in [0.05, 0.1) is 6.61 Å². The highest BCUT2D eigenvalue weighted by Gasteiger charge is 2.24. The number of rotatable bonds is 6. The molecule has 7 heteroatoms. The van der Waals surface area contributed by atoms with E-state index >= 15 is 0 Å². The van der Waals surface area contributed by atoms with E-state index in [1.807, 2.05) is 19.0 Å². The summed E-state index contributed by atoms with van der Waals surface area (Å²) in [6.45, 7) is 0.472. The average Bonchev–Trinajstić information content (AvgIpc) is 2.36. The maximum Gasteiger partial charge on any atom is 0.245 e. The minimum Gasteiger partial charge on any atom is -0.392 e. The minimum absolute atomic E-state index is 0.262. The topological polar surface area (TPSA) is 60.9 Å². The number of aliphatic hydroxyl groups excluding tert-OH is 1. The molecule has 0 atom stereocenters.